The molecule has 0 aromatic heterocycles. The van der Waals surface area contributed by atoms with Crippen LogP contribution < -0.4 is 15.9 Å². The normalized spacial score (nSPS) is 10.8. The first-order valence-electron chi connectivity index (χ1n) is 10.4. The van der Waals surface area contributed by atoms with E-state index in [4.69, 9.17) is 0 Å². The second-order valence-electron chi connectivity index (χ2n) is 7.61. The van der Waals surface area contributed by atoms with Gasteiger partial charge in [-0.15, -0.1) is 24.8 Å². The fourth-order valence-electron chi connectivity index (χ4n) is 4.45. The highest BCUT2D eigenvalue weighted by Gasteiger charge is 2.45. The number of halogens is 2. The Hall–Kier alpha value is -2.63. The van der Waals surface area contributed by atoms with E-state index in [1.54, 1.807) is 0 Å². The number of hydrogen-bond donors (Lipinski definition) is 0. The van der Waals surface area contributed by atoms with Crippen molar-refractivity contribution in [2.24, 2.45) is 0 Å². The Balaban J connectivity index is 0.00000144. The first-order chi connectivity index (χ1) is 14.9. The van der Waals surface area contributed by atoms with E-state index in [-0.39, 0.29) is 24.8 Å². The molecule has 0 fully saturated rings. The van der Waals surface area contributed by atoms with Gasteiger partial charge in [0.05, 0.1) is 6.16 Å². The zero-order valence-electron chi connectivity index (χ0n) is 17.7. The van der Waals surface area contributed by atoms with Crippen molar-refractivity contribution in [1.29, 1.82) is 0 Å². The van der Waals surface area contributed by atoms with E-state index in [1.165, 1.54) is 32.2 Å². The smallest absolute Gasteiger partial charge is 0.116 e. The van der Waals surface area contributed by atoms with Crippen molar-refractivity contribution in [1.82, 2.24) is 0 Å². The third-order valence-corrected chi connectivity index (χ3v) is 10.2. The number of fused-ring (bicyclic) bond motifs is 1. The quantitative estimate of drug-likeness (QED) is 0.236. The summed E-state index contributed by atoms with van der Waals surface area (Å²) in [6.07, 6.45) is 1.01. The highest BCUT2D eigenvalue weighted by atomic mass is 35.5. The van der Waals surface area contributed by atoms with Crippen molar-refractivity contribution in [3.63, 3.8) is 0 Å². The van der Waals surface area contributed by atoms with Gasteiger partial charge in [-0.3, -0.25) is 0 Å². The molecule has 0 unspecified atom stereocenters. The Morgan fingerprint density at radius 3 is 1.31 bits per heavy atom. The molecule has 0 bridgehead atoms. The zero-order valence-corrected chi connectivity index (χ0v) is 20.2. The van der Waals surface area contributed by atoms with Crippen LogP contribution in [0.1, 0.15) is 5.56 Å². The largest absolute Gasteiger partial charge is 0.147 e. The standard InChI is InChI=1S/C29H24P.2ClH/c1-4-16-26(17-5-1)30(27-18-6-2-7-19-27,28-20-8-3-9-21-28)23-25-15-12-14-24-13-10-11-22-29(24)25;;/h1-22H,23H2;2*1H/q+1;;. The SMILES string of the molecule is Cl.Cl.c1ccc([P+](Cc2cccc3ccccc23)(c2ccccc2)c2ccccc2)cc1. The summed E-state index contributed by atoms with van der Waals surface area (Å²) >= 11 is 0. The number of benzene rings is 5. The van der Waals surface area contributed by atoms with Crippen molar-refractivity contribution >= 4 is 58.8 Å². The minimum atomic E-state index is -1.88. The van der Waals surface area contributed by atoms with Gasteiger partial charge in [0.15, 0.2) is 0 Å². The van der Waals surface area contributed by atoms with Crippen LogP contribution in [0.25, 0.3) is 10.8 Å². The third kappa shape index (κ3) is 4.45. The van der Waals surface area contributed by atoms with Crippen LogP contribution >= 0.6 is 32.1 Å². The van der Waals surface area contributed by atoms with E-state index >= 15 is 0 Å². The van der Waals surface area contributed by atoms with E-state index in [1.807, 2.05) is 0 Å². The van der Waals surface area contributed by atoms with Crippen LogP contribution in [0.15, 0.2) is 133 Å². The number of rotatable bonds is 5. The minimum Gasteiger partial charge on any atom is -0.147 e. The fourth-order valence-corrected chi connectivity index (χ4v) is 8.73. The molecule has 0 aliphatic carbocycles. The number of hydrogen-bond acceptors (Lipinski definition) is 0. The molecule has 5 rings (SSSR count). The molecule has 0 spiro atoms. The first kappa shape index (κ1) is 24.0. The molecule has 32 heavy (non-hydrogen) atoms. The molecule has 5 aromatic carbocycles. The second-order valence-corrected chi connectivity index (χ2v) is 11.1. The molecule has 0 saturated carbocycles. The first-order valence-corrected chi connectivity index (χ1v) is 12.4. The van der Waals surface area contributed by atoms with Gasteiger partial charge in [-0.2, -0.15) is 0 Å². The molecule has 0 heterocycles. The van der Waals surface area contributed by atoms with Crippen LogP contribution in [-0.2, 0) is 6.16 Å². The van der Waals surface area contributed by atoms with Crippen LogP contribution in [0.2, 0.25) is 0 Å². The zero-order chi connectivity index (χ0) is 20.2. The van der Waals surface area contributed by atoms with Crippen LogP contribution in [-0.4, -0.2) is 0 Å². The maximum atomic E-state index is 2.32. The van der Waals surface area contributed by atoms with Crippen molar-refractivity contribution in [3.8, 4) is 0 Å². The van der Waals surface area contributed by atoms with E-state index in [0.29, 0.717) is 0 Å². The van der Waals surface area contributed by atoms with Gasteiger partial charge in [0.2, 0.25) is 0 Å². The fraction of sp³-hybridized carbons (Fsp3) is 0.0345. The summed E-state index contributed by atoms with van der Waals surface area (Å²) in [7, 11) is -1.88. The predicted octanol–water partition coefficient (Wildman–Crippen LogP) is 7.18. The molecule has 0 atom stereocenters. The molecule has 0 amide bonds. The highest BCUT2D eigenvalue weighted by Crippen LogP contribution is 2.58. The highest BCUT2D eigenvalue weighted by molar-refractivity contribution is 7.95. The molecular weight excluding hydrogens is 450 g/mol. The van der Waals surface area contributed by atoms with Gasteiger partial charge in [0.25, 0.3) is 0 Å². The van der Waals surface area contributed by atoms with E-state index in [0.717, 1.165) is 6.16 Å². The molecule has 5 aromatic rings. The van der Waals surface area contributed by atoms with Crippen LogP contribution in [0.5, 0.6) is 0 Å². The van der Waals surface area contributed by atoms with Gasteiger partial charge in [0.1, 0.15) is 23.2 Å². The monoisotopic (exact) mass is 475 g/mol. The van der Waals surface area contributed by atoms with Crippen molar-refractivity contribution in [2.75, 3.05) is 0 Å². The molecule has 0 aliphatic heterocycles. The summed E-state index contributed by atoms with van der Waals surface area (Å²) in [5, 5.41) is 6.94. The summed E-state index contributed by atoms with van der Waals surface area (Å²) in [4.78, 5) is 0. The summed E-state index contributed by atoms with van der Waals surface area (Å²) in [6, 6.07) is 48.8. The van der Waals surface area contributed by atoms with Gasteiger partial charge >= 0.3 is 0 Å². The molecule has 3 heteroatoms. The summed E-state index contributed by atoms with van der Waals surface area (Å²) in [5.41, 5.74) is 1.41. The molecular formula is C29H26Cl2P+. The van der Waals surface area contributed by atoms with Crippen molar-refractivity contribution in [3.05, 3.63) is 139 Å². The summed E-state index contributed by atoms with van der Waals surface area (Å²) < 4.78 is 0. The Bertz CT molecular complexity index is 1150. The van der Waals surface area contributed by atoms with Gasteiger partial charge in [0, 0.05) is 0 Å². The Kier molecular flexibility index (Phi) is 8.10. The Labute approximate surface area is 203 Å². The molecule has 0 nitrogen and oxygen atoms in total. The lowest BCUT2D eigenvalue weighted by Gasteiger charge is -2.28. The lowest BCUT2D eigenvalue weighted by molar-refractivity contribution is 1.43. The average Bonchev–Trinajstić information content (AvgIpc) is 2.84. The molecule has 160 valence electrons. The maximum absolute atomic E-state index is 2.32. The molecule has 0 aliphatic rings. The maximum Gasteiger partial charge on any atom is 0.116 e. The van der Waals surface area contributed by atoms with E-state index < -0.39 is 7.26 Å². The average molecular weight is 476 g/mol. The van der Waals surface area contributed by atoms with Crippen LogP contribution in [0, 0.1) is 0 Å². The summed E-state index contributed by atoms with van der Waals surface area (Å²) in [6.45, 7) is 0. The topological polar surface area (TPSA) is 0 Å². The van der Waals surface area contributed by atoms with Crippen LogP contribution in [0.3, 0.4) is 0 Å². The summed E-state index contributed by atoms with van der Waals surface area (Å²) in [5.74, 6) is 0. The van der Waals surface area contributed by atoms with Crippen molar-refractivity contribution < 1.29 is 0 Å². The van der Waals surface area contributed by atoms with Gasteiger partial charge < -0.3 is 0 Å². The Morgan fingerprint density at radius 1 is 0.406 bits per heavy atom. The lowest BCUT2D eigenvalue weighted by Crippen LogP contribution is -2.32. The van der Waals surface area contributed by atoms with E-state index in [2.05, 4.69) is 133 Å². The lowest BCUT2D eigenvalue weighted by atomic mass is 10.1. The van der Waals surface area contributed by atoms with Gasteiger partial charge in [-0.05, 0) is 52.7 Å². The molecule has 0 N–H and O–H groups in total. The van der Waals surface area contributed by atoms with Crippen molar-refractivity contribution in [2.45, 2.75) is 6.16 Å². The third-order valence-electron chi connectivity index (χ3n) is 5.88. The minimum absolute atomic E-state index is 0. The Morgan fingerprint density at radius 2 is 0.812 bits per heavy atom. The van der Waals surface area contributed by atoms with Crippen LogP contribution in [0.4, 0.5) is 0 Å². The van der Waals surface area contributed by atoms with E-state index in [9.17, 15) is 0 Å². The predicted molar refractivity (Wildman–Crippen MR) is 147 cm³/mol. The van der Waals surface area contributed by atoms with Gasteiger partial charge in [-0.1, -0.05) is 97.1 Å². The molecule has 0 radical (unpaired) electrons. The second kappa shape index (κ2) is 10.8. The van der Waals surface area contributed by atoms with Gasteiger partial charge in [-0.25, -0.2) is 0 Å². The molecule has 0 saturated heterocycles.